The van der Waals surface area contributed by atoms with Crippen molar-refractivity contribution in [1.29, 1.82) is 0 Å². The molecule has 0 aliphatic carbocycles. The molecule has 0 spiro atoms. The summed E-state index contributed by atoms with van der Waals surface area (Å²) in [7, 11) is 0. The highest BCUT2D eigenvalue weighted by atomic mass is 127. The topological polar surface area (TPSA) is 37.8 Å². The van der Waals surface area contributed by atoms with E-state index in [9.17, 15) is 0 Å². The largest absolute Gasteiger partial charge is 0.369 e. The average molecular weight is 395 g/mol. The Bertz CT molecular complexity index is 609. The van der Waals surface area contributed by atoms with E-state index in [2.05, 4.69) is 72.9 Å². The summed E-state index contributed by atoms with van der Waals surface area (Å²) in [5, 5.41) is 3.41. The van der Waals surface area contributed by atoms with Gasteiger partial charge >= 0.3 is 0 Å². The number of anilines is 1. The van der Waals surface area contributed by atoms with Crippen molar-refractivity contribution in [2.24, 2.45) is 0 Å². The van der Waals surface area contributed by atoms with Gasteiger partial charge < -0.3 is 5.32 Å². The van der Waals surface area contributed by atoms with Gasteiger partial charge in [0.05, 0.1) is 9.26 Å². The van der Waals surface area contributed by atoms with Crippen molar-refractivity contribution in [1.82, 2.24) is 9.97 Å². The molecule has 0 aliphatic heterocycles. The molecule has 0 aliphatic rings. The maximum atomic E-state index is 4.79. The van der Waals surface area contributed by atoms with Crippen LogP contribution in [0.1, 0.15) is 44.3 Å². The van der Waals surface area contributed by atoms with Gasteiger partial charge in [-0.25, -0.2) is 9.97 Å². The Balaban J connectivity index is 2.46. The molecule has 2 rings (SSSR count). The predicted octanol–water partition coefficient (Wildman–Crippen LogP) is 4.54. The molecule has 2 aromatic rings. The molecule has 1 aromatic heterocycles. The number of benzene rings is 1. The van der Waals surface area contributed by atoms with Gasteiger partial charge in [-0.2, -0.15) is 0 Å². The summed E-state index contributed by atoms with van der Waals surface area (Å²) in [5.41, 5.74) is 2.05. The fourth-order valence-electron chi connectivity index (χ4n) is 2.18. The molecule has 0 atom stereocenters. The van der Waals surface area contributed by atoms with Crippen molar-refractivity contribution in [2.75, 3.05) is 11.9 Å². The summed E-state index contributed by atoms with van der Waals surface area (Å²) in [6.45, 7) is 9.48. The maximum Gasteiger partial charge on any atom is 0.143 e. The molecule has 1 aromatic carbocycles. The van der Waals surface area contributed by atoms with Crippen molar-refractivity contribution < 1.29 is 0 Å². The number of hydrogen-bond donors (Lipinski definition) is 1. The smallest absolute Gasteiger partial charge is 0.143 e. The van der Waals surface area contributed by atoms with E-state index in [1.54, 1.807) is 0 Å². The first kappa shape index (κ1) is 16.2. The number of hydrogen-bond acceptors (Lipinski definition) is 3. The molecule has 0 bridgehead atoms. The van der Waals surface area contributed by atoms with Crippen LogP contribution in [0.2, 0.25) is 0 Å². The second kappa shape index (κ2) is 6.73. The molecule has 4 heteroatoms. The van der Waals surface area contributed by atoms with Gasteiger partial charge in [-0.15, -0.1) is 0 Å². The quantitative estimate of drug-likeness (QED) is 0.756. The van der Waals surface area contributed by atoms with Crippen molar-refractivity contribution in [3.8, 4) is 0 Å². The van der Waals surface area contributed by atoms with Gasteiger partial charge in [-0.1, -0.05) is 37.3 Å². The zero-order chi connectivity index (χ0) is 15.5. The highest BCUT2D eigenvalue weighted by Crippen LogP contribution is 2.31. The van der Waals surface area contributed by atoms with Crippen LogP contribution in [0.5, 0.6) is 0 Å². The Kier molecular flexibility index (Phi) is 5.19. The molecule has 1 N–H and O–H groups in total. The van der Waals surface area contributed by atoms with E-state index in [0.717, 1.165) is 33.9 Å². The third kappa shape index (κ3) is 3.54. The lowest BCUT2D eigenvalue weighted by atomic mass is 9.83. The standard InChI is InChI=1S/C17H22IN3/c1-5-11-19-15-14(18)12(2)20-16(21-15)17(3,4)13-9-7-6-8-10-13/h6-10H,5,11H2,1-4H3,(H,19,20,21). The first-order chi connectivity index (χ1) is 9.96. The lowest BCUT2D eigenvalue weighted by Gasteiger charge is -2.25. The van der Waals surface area contributed by atoms with Crippen LogP contribution in [-0.2, 0) is 5.41 Å². The fourth-order valence-corrected chi connectivity index (χ4v) is 2.62. The van der Waals surface area contributed by atoms with E-state index in [4.69, 9.17) is 9.97 Å². The Hall–Kier alpha value is -1.17. The van der Waals surface area contributed by atoms with Crippen molar-refractivity contribution in [3.05, 3.63) is 51.0 Å². The molecular weight excluding hydrogens is 373 g/mol. The Morgan fingerprint density at radius 3 is 2.43 bits per heavy atom. The Morgan fingerprint density at radius 2 is 1.81 bits per heavy atom. The lowest BCUT2D eigenvalue weighted by Crippen LogP contribution is -2.24. The molecule has 21 heavy (non-hydrogen) atoms. The molecular formula is C17H22IN3. The Morgan fingerprint density at radius 1 is 1.14 bits per heavy atom. The molecule has 0 saturated heterocycles. The van der Waals surface area contributed by atoms with Gasteiger partial charge in [0.2, 0.25) is 0 Å². The normalized spacial score (nSPS) is 11.5. The number of nitrogens with one attached hydrogen (secondary N) is 1. The van der Waals surface area contributed by atoms with Crippen LogP contribution in [0.15, 0.2) is 30.3 Å². The van der Waals surface area contributed by atoms with Crippen LogP contribution in [0.25, 0.3) is 0 Å². The van der Waals surface area contributed by atoms with Gasteiger partial charge in [0.1, 0.15) is 11.6 Å². The van der Waals surface area contributed by atoms with Crippen molar-refractivity contribution >= 4 is 28.4 Å². The minimum absolute atomic E-state index is 0.209. The van der Waals surface area contributed by atoms with Gasteiger partial charge in [0.15, 0.2) is 0 Å². The van der Waals surface area contributed by atoms with Crippen LogP contribution in [0, 0.1) is 10.5 Å². The van der Waals surface area contributed by atoms with E-state index >= 15 is 0 Å². The molecule has 0 unspecified atom stereocenters. The predicted molar refractivity (Wildman–Crippen MR) is 96.8 cm³/mol. The summed E-state index contributed by atoms with van der Waals surface area (Å²) in [4.78, 5) is 9.52. The van der Waals surface area contributed by atoms with E-state index < -0.39 is 0 Å². The third-order valence-corrected chi connectivity index (χ3v) is 4.91. The minimum atomic E-state index is -0.209. The lowest BCUT2D eigenvalue weighted by molar-refractivity contribution is 0.587. The first-order valence-corrected chi connectivity index (χ1v) is 8.38. The Labute approximate surface area is 140 Å². The fraction of sp³-hybridized carbons (Fsp3) is 0.412. The number of aryl methyl sites for hydroxylation is 1. The monoisotopic (exact) mass is 395 g/mol. The number of aromatic nitrogens is 2. The zero-order valence-corrected chi connectivity index (χ0v) is 15.2. The molecule has 0 saturated carbocycles. The van der Waals surface area contributed by atoms with Gasteiger partial charge in [-0.3, -0.25) is 0 Å². The third-order valence-electron chi connectivity index (χ3n) is 3.61. The molecule has 0 amide bonds. The van der Waals surface area contributed by atoms with Crippen molar-refractivity contribution in [2.45, 2.75) is 39.5 Å². The second-order valence-electron chi connectivity index (χ2n) is 5.71. The van der Waals surface area contributed by atoms with Gasteiger partial charge in [0, 0.05) is 12.0 Å². The maximum absolute atomic E-state index is 4.79. The van der Waals surface area contributed by atoms with E-state index in [-0.39, 0.29) is 5.41 Å². The van der Waals surface area contributed by atoms with Crippen LogP contribution in [0.4, 0.5) is 5.82 Å². The van der Waals surface area contributed by atoms with Gasteiger partial charge in [0.25, 0.3) is 0 Å². The van der Waals surface area contributed by atoms with Crippen molar-refractivity contribution in [3.63, 3.8) is 0 Å². The summed E-state index contributed by atoms with van der Waals surface area (Å²) >= 11 is 2.32. The summed E-state index contributed by atoms with van der Waals surface area (Å²) in [6, 6.07) is 10.4. The molecule has 3 nitrogen and oxygen atoms in total. The van der Waals surface area contributed by atoms with Crippen LogP contribution in [0.3, 0.4) is 0 Å². The average Bonchev–Trinajstić information content (AvgIpc) is 2.49. The van der Waals surface area contributed by atoms with E-state index in [1.807, 2.05) is 13.0 Å². The molecule has 112 valence electrons. The van der Waals surface area contributed by atoms with Gasteiger partial charge in [-0.05, 0) is 55.3 Å². The molecule has 1 heterocycles. The highest BCUT2D eigenvalue weighted by molar-refractivity contribution is 14.1. The number of nitrogens with zero attached hydrogens (tertiary/aromatic N) is 2. The second-order valence-corrected chi connectivity index (χ2v) is 6.79. The number of rotatable bonds is 5. The van der Waals surface area contributed by atoms with E-state index in [1.165, 1.54) is 5.56 Å². The highest BCUT2D eigenvalue weighted by Gasteiger charge is 2.27. The molecule has 0 radical (unpaired) electrons. The van der Waals surface area contributed by atoms with Crippen LogP contribution in [-0.4, -0.2) is 16.5 Å². The zero-order valence-electron chi connectivity index (χ0n) is 13.1. The van der Waals surface area contributed by atoms with E-state index in [0.29, 0.717) is 0 Å². The summed E-state index contributed by atoms with van der Waals surface area (Å²) in [5.74, 6) is 1.81. The minimum Gasteiger partial charge on any atom is -0.369 e. The number of halogens is 1. The van der Waals surface area contributed by atoms with Crippen LogP contribution >= 0.6 is 22.6 Å². The summed E-state index contributed by atoms with van der Waals surface area (Å²) in [6.07, 6.45) is 1.08. The first-order valence-electron chi connectivity index (χ1n) is 7.30. The summed E-state index contributed by atoms with van der Waals surface area (Å²) < 4.78 is 1.11. The SMILES string of the molecule is CCCNc1nc(C(C)(C)c2ccccc2)nc(C)c1I. The van der Waals surface area contributed by atoms with Crippen LogP contribution < -0.4 is 5.32 Å². The molecule has 0 fully saturated rings.